The number of rotatable bonds is 5. The predicted octanol–water partition coefficient (Wildman–Crippen LogP) is 2.96. The van der Waals surface area contributed by atoms with Crippen molar-refractivity contribution in [3.05, 3.63) is 71.8 Å². The minimum Gasteiger partial charge on any atom is -0.348 e. The van der Waals surface area contributed by atoms with Gasteiger partial charge in [-0.05, 0) is 31.0 Å². The molecule has 5 rings (SSSR count). The first kappa shape index (κ1) is 16.7. The van der Waals surface area contributed by atoms with Crippen LogP contribution in [0.25, 0.3) is 16.7 Å². The Morgan fingerprint density at radius 3 is 2.79 bits per heavy atom. The number of carbonyl (C=O) groups excluding carboxylic acids is 1. The minimum atomic E-state index is -0.116. The molecular formula is C21H20N6O. The van der Waals surface area contributed by atoms with Crippen LogP contribution >= 0.6 is 0 Å². The standard InChI is InChI=1S/C21H20N6O/c1-26-20-18(12-23-26)17(9-19(25-20)15-7-8-15)21(28)22-10-14-11-24-27(13-14)16-5-3-2-4-6-16/h2-6,9,11-13,15H,7-8,10H2,1H3,(H,22,28). The molecule has 0 atom stereocenters. The largest absolute Gasteiger partial charge is 0.348 e. The predicted molar refractivity (Wildman–Crippen MR) is 105 cm³/mol. The molecule has 7 heteroatoms. The number of hydrogen-bond donors (Lipinski definition) is 1. The molecule has 7 nitrogen and oxygen atoms in total. The number of hydrogen-bond acceptors (Lipinski definition) is 4. The average molecular weight is 372 g/mol. The van der Waals surface area contributed by atoms with Crippen molar-refractivity contribution in [3.63, 3.8) is 0 Å². The van der Waals surface area contributed by atoms with Crippen molar-refractivity contribution in [3.8, 4) is 5.69 Å². The van der Waals surface area contributed by atoms with Crippen molar-refractivity contribution in [1.29, 1.82) is 0 Å². The Balaban J connectivity index is 1.37. The zero-order valence-electron chi connectivity index (χ0n) is 15.5. The highest BCUT2D eigenvalue weighted by Gasteiger charge is 2.27. The zero-order valence-corrected chi connectivity index (χ0v) is 15.5. The molecule has 0 aliphatic heterocycles. The van der Waals surface area contributed by atoms with Gasteiger partial charge in [-0.2, -0.15) is 10.2 Å². The lowest BCUT2D eigenvalue weighted by atomic mass is 10.1. The van der Waals surface area contributed by atoms with Gasteiger partial charge in [0.2, 0.25) is 0 Å². The van der Waals surface area contributed by atoms with E-state index in [1.165, 1.54) is 0 Å². The highest BCUT2D eigenvalue weighted by Crippen LogP contribution is 2.40. The van der Waals surface area contributed by atoms with Crippen LogP contribution in [0.1, 0.15) is 40.4 Å². The van der Waals surface area contributed by atoms with Crippen LogP contribution in [-0.4, -0.2) is 30.5 Å². The van der Waals surface area contributed by atoms with Crippen molar-refractivity contribution in [1.82, 2.24) is 29.9 Å². The summed E-state index contributed by atoms with van der Waals surface area (Å²) >= 11 is 0. The van der Waals surface area contributed by atoms with Gasteiger partial charge in [0.25, 0.3) is 5.91 Å². The van der Waals surface area contributed by atoms with E-state index in [4.69, 9.17) is 4.98 Å². The van der Waals surface area contributed by atoms with Gasteiger partial charge in [0.1, 0.15) is 0 Å². The van der Waals surface area contributed by atoms with Gasteiger partial charge < -0.3 is 5.32 Å². The third-order valence-electron chi connectivity index (χ3n) is 5.07. The van der Waals surface area contributed by atoms with Crippen LogP contribution in [0.4, 0.5) is 0 Å². The van der Waals surface area contributed by atoms with E-state index >= 15 is 0 Å². The molecule has 1 fully saturated rings. The lowest BCUT2D eigenvalue weighted by molar-refractivity contribution is 0.0952. The van der Waals surface area contributed by atoms with Gasteiger partial charge in [0, 0.05) is 37.0 Å². The SMILES string of the molecule is Cn1ncc2c(C(=O)NCc3cnn(-c4ccccc4)c3)cc(C3CC3)nc21. The zero-order chi connectivity index (χ0) is 19.1. The number of fused-ring (bicyclic) bond motifs is 1. The van der Waals surface area contributed by atoms with E-state index in [0.717, 1.165) is 40.8 Å². The number of para-hydroxylation sites is 1. The molecule has 0 spiro atoms. The van der Waals surface area contributed by atoms with Crippen molar-refractivity contribution in [2.24, 2.45) is 7.05 Å². The summed E-state index contributed by atoms with van der Waals surface area (Å²) < 4.78 is 3.53. The Bertz CT molecular complexity index is 1160. The number of nitrogens with one attached hydrogen (secondary N) is 1. The van der Waals surface area contributed by atoms with E-state index in [2.05, 4.69) is 15.5 Å². The number of amides is 1. The van der Waals surface area contributed by atoms with Crippen molar-refractivity contribution in [2.75, 3.05) is 0 Å². The van der Waals surface area contributed by atoms with Gasteiger partial charge >= 0.3 is 0 Å². The molecule has 0 radical (unpaired) electrons. The van der Waals surface area contributed by atoms with Crippen LogP contribution in [0.2, 0.25) is 0 Å². The number of pyridine rings is 1. The third kappa shape index (κ3) is 3.05. The maximum atomic E-state index is 12.9. The summed E-state index contributed by atoms with van der Waals surface area (Å²) in [5.74, 6) is 0.352. The Labute approximate surface area is 162 Å². The average Bonchev–Trinajstić information content (AvgIpc) is 3.36. The first-order chi connectivity index (χ1) is 13.7. The number of aromatic nitrogens is 5. The van der Waals surface area contributed by atoms with Crippen molar-refractivity contribution < 1.29 is 4.79 Å². The van der Waals surface area contributed by atoms with Crippen molar-refractivity contribution >= 4 is 16.9 Å². The number of benzene rings is 1. The third-order valence-corrected chi connectivity index (χ3v) is 5.07. The van der Waals surface area contributed by atoms with E-state index in [1.807, 2.05) is 49.6 Å². The van der Waals surface area contributed by atoms with E-state index in [9.17, 15) is 4.79 Å². The molecule has 4 aromatic rings. The summed E-state index contributed by atoms with van der Waals surface area (Å²) in [6.07, 6.45) is 7.68. The number of aryl methyl sites for hydroxylation is 1. The Morgan fingerprint density at radius 1 is 1.18 bits per heavy atom. The Kier molecular flexibility index (Phi) is 3.93. The first-order valence-electron chi connectivity index (χ1n) is 9.39. The second-order valence-electron chi connectivity index (χ2n) is 7.19. The van der Waals surface area contributed by atoms with Crippen LogP contribution in [0.3, 0.4) is 0 Å². The lowest BCUT2D eigenvalue weighted by Crippen LogP contribution is -2.23. The smallest absolute Gasteiger partial charge is 0.252 e. The summed E-state index contributed by atoms with van der Waals surface area (Å²) in [5.41, 5.74) is 4.30. The van der Waals surface area contributed by atoms with E-state index in [-0.39, 0.29) is 5.91 Å². The highest BCUT2D eigenvalue weighted by atomic mass is 16.1. The van der Waals surface area contributed by atoms with E-state index < -0.39 is 0 Å². The maximum absolute atomic E-state index is 12.9. The van der Waals surface area contributed by atoms with E-state index in [0.29, 0.717) is 18.0 Å². The van der Waals surface area contributed by atoms with Gasteiger partial charge in [-0.15, -0.1) is 0 Å². The quantitative estimate of drug-likeness (QED) is 0.584. The topological polar surface area (TPSA) is 77.6 Å². The van der Waals surface area contributed by atoms with Gasteiger partial charge in [-0.1, -0.05) is 18.2 Å². The van der Waals surface area contributed by atoms with Gasteiger partial charge in [-0.25, -0.2) is 9.67 Å². The fraction of sp³-hybridized carbons (Fsp3) is 0.238. The normalized spacial score (nSPS) is 13.8. The van der Waals surface area contributed by atoms with Crippen LogP contribution < -0.4 is 5.32 Å². The number of carbonyl (C=O) groups is 1. The molecule has 1 amide bonds. The highest BCUT2D eigenvalue weighted by molar-refractivity contribution is 6.05. The Hall–Kier alpha value is -3.48. The van der Waals surface area contributed by atoms with Gasteiger partial charge in [-0.3, -0.25) is 9.48 Å². The number of nitrogens with zero attached hydrogens (tertiary/aromatic N) is 5. The molecule has 0 unspecified atom stereocenters. The molecular weight excluding hydrogens is 352 g/mol. The molecule has 1 aliphatic rings. The first-order valence-corrected chi connectivity index (χ1v) is 9.39. The summed E-state index contributed by atoms with van der Waals surface area (Å²) in [6, 6.07) is 11.8. The van der Waals surface area contributed by atoms with Crippen LogP contribution in [0, 0.1) is 0 Å². The molecule has 3 aromatic heterocycles. The monoisotopic (exact) mass is 372 g/mol. The maximum Gasteiger partial charge on any atom is 0.252 e. The molecule has 1 aliphatic carbocycles. The molecule has 1 N–H and O–H groups in total. The minimum absolute atomic E-state index is 0.116. The summed E-state index contributed by atoms with van der Waals surface area (Å²) in [5, 5.41) is 12.4. The van der Waals surface area contributed by atoms with Crippen LogP contribution in [0.15, 0.2) is 55.0 Å². The van der Waals surface area contributed by atoms with Crippen LogP contribution in [0.5, 0.6) is 0 Å². The second-order valence-corrected chi connectivity index (χ2v) is 7.19. The molecule has 1 saturated carbocycles. The fourth-order valence-electron chi connectivity index (χ4n) is 3.36. The van der Waals surface area contributed by atoms with Crippen LogP contribution in [-0.2, 0) is 13.6 Å². The van der Waals surface area contributed by atoms with Gasteiger partial charge in [0.05, 0.1) is 29.0 Å². The molecule has 0 saturated heterocycles. The molecule has 3 heterocycles. The van der Waals surface area contributed by atoms with Gasteiger partial charge in [0.15, 0.2) is 5.65 Å². The summed E-state index contributed by atoms with van der Waals surface area (Å²) in [6.45, 7) is 0.411. The summed E-state index contributed by atoms with van der Waals surface area (Å²) in [4.78, 5) is 17.6. The molecule has 1 aromatic carbocycles. The molecule has 140 valence electrons. The fourth-order valence-corrected chi connectivity index (χ4v) is 3.36. The molecule has 28 heavy (non-hydrogen) atoms. The molecule has 0 bridgehead atoms. The Morgan fingerprint density at radius 2 is 2.00 bits per heavy atom. The summed E-state index contributed by atoms with van der Waals surface area (Å²) in [7, 11) is 1.85. The second kappa shape index (κ2) is 6.60. The van der Waals surface area contributed by atoms with Crippen molar-refractivity contribution in [2.45, 2.75) is 25.3 Å². The lowest BCUT2D eigenvalue weighted by Gasteiger charge is -2.08. The van der Waals surface area contributed by atoms with E-state index in [1.54, 1.807) is 21.8 Å².